The second-order valence-corrected chi connectivity index (χ2v) is 5.66. The number of benzene rings is 2. The zero-order chi connectivity index (χ0) is 18.1. The number of H-pyrrole nitrogens is 1. The van der Waals surface area contributed by atoms with Gasteiger partial charge in [0.25, 0.3) is 0 Å². The lowest BCUT2D eigenvalue weighted by molar-refractivity contribution is -0.141. The molecule has 4 nitrogen and oxygen atoms in total. The van der Waals surface area contributed by atoms with Gasteiger partial charge in [0.05, 0.1) is 35.9 Å². The van der Waals surface area contributed by atoms with E-state index in [1.807, 2.05) is 6.07 Å². The van der Waals surface area contributed by atoms with Crippen molar-refractivity contribution >= 4 is 16.9 Å². The van der Waals surface area contributed by atoms with Gasteiger partial charge >= 0.3 is 5.97 Å². The molecule has 126 valence electrons. The van der Waals surface area contributed by atoms with Crippen LogP contribution in [0.25, 0.3) is 22.2 Å². The second-order valence-electron chi connectivity index (χ2n) is 5.66. The van der Waals surface area contributed by atoms with Gasteiger partial charge in [0, 0.05) is 11.5 Å². The summed E-state index contributed by atoms with van der Waals surface area (Å²) in [6.07, 6.45) is 0. The smallest absolute Gasteiger partial charge is 0.312 e. The van der Waals surface area contributed by atoms with Crippen molar-refractivity contribution in [2.75, 3.05) is 7.11 Å². The Morgan fingerprint density at radius 1 is 1.24 bits per heavy atom. The predicted octanol–water partition coefficient (Wildman–Crippen LogP) is 4.26. The zero-order valence-corrected chi connectivity index (χ0v) is 13.6. The Morgan fingerprint density at radius 2 is 1.92 bits per heavy atom. The molecule has 0 bridgehead atoms. The molecule has 25 heavy (non-hydrogen) atoms. The third-order valence-corrected chi connectivity index (χ3v) is 4.15. The summed E-state index contributed by atoms with van der Waals surface area (Å²) in [5.41, 5.74) is 2.18. The number of rotatable bonds is 3. The lowest BCUT2D eigenvalue weighted by atomic mass is 9.94. The average Bonchev–Trinajstić information content (AvgIpc) is 3.00. The van der Waals surface area contributed by atoms with Crippen molar-refractivity contribution in [1.82, 2.24) is 4.98 Å². The molecule has 0 aliphatic heterocycles. The normalized spacial score (nSPS) is 12.0. The maximum absolute atomic E-state index is 14.2. The maximum atomic E-state index is 14.2. The van der Waals surface area contributed by atoms with Crippen molar-refractivity contribution in [2.45, 2.75) is 12.8 Å². The first-order valence-corrected chi connectivity index (χ1v) is 7.55. The number of fused-ring (bicyclic) bond motifs is 1. The number of halogens is 2. The third-order valence-electron chi connectivity index (χ3n) is 4.15. The first kappa shape index (κ1) is 16.7. The predicted molar refractivity (Wildman–Crippen MR) is 88.8 cm³/mol. The van der Waals surface area contributed by atoms with Crippen molar-refractivity contribution in [1.29, 1.82) is 5.26 Å². The van der Waals surface area contributed by atoms with Crippen LogP contribution in [0.2, 0.25) is 0 Å². The average molecular weight is 340 g/mol. The highest BCUT2D eigenvalue weighted by Crippen LogP contribution is 2.37. The molecular weight excluding hydrogens is 326 g/mol. The van der Waals surface area contributed by atoms with Gasteiger partial charge in [-0.05, 0) is 36.2 Å². The summed E-state index contributed by atoms with van der Waals surface area (Å²) in [7, 11) is 1.26. The highest BCUT2D eigenvalue weighted by molar-refractivity contribution is 5.96. The number of aromatic nitrogens is 1. The van der Waals surface area contributed by atoms with E-state index >= 15 is 0 Å². The van der Waals surface area contributed by atoms with Crippen molar-refractivity contribution in [3.8, 4) is 17.3 Å². The van der Waals surface area contributed by atoms with Gasteiger partial charge in [-0.25, -0.2) is 8.78 Å². The largest absolute Gasteiger partial charge is 0.469 e. The van der Waals surface area contributed by atoms with Crippen LogP contribution in [0.5, 0.6) is 0 Å². The molecule has 0 aliphatic rings. The summed E-state index contributed by atoms with van der Waals surface area (Å²) in [6.45, 7) is 1.62. The van der Waals surface area contributed by atoms with Gasteiger partial charge < -0.3 is 9.72 Å². The van der Waals surface area contributed by atoms with E-state index in [0.29, 0.717) is 22.4 Å². The van der Waals surface area contributed by atoms with Gasteiger partial charge in [-0.1, -0.05) is 12.1 Å². The highest BCUT2D eigenvalue weighted by atomic mass is 19.1. The first-order chi connectivity index (χ1) is 12.0. The maximum Gasteiger partial charge on any atom is 0.312 e. The summed E-state index contributed by atoms with van der Waals surface area (Å²) in [5.74, 6) is -2.71. The Bertz CT molecular complexity index is 1000. The van der Waals surface area contributed by atoms with Crippen molar-refractivity contribution in [2.24, 2.45) is 0 Å². The summed E-state index contributed by atoms with van der Waals surface area (Å²) in [4.78, 5) is 15.0. The Labute approximate surface area is 142 Å². The van der Waals surface area contributed by atoms with E-state index in [1.54, 1.807) is 31.2 Å². The number of nitrogens with one attached hydrogen (secondary N) is 1. The number of nitrogens with zero attached hydrogens (tertiary/aromatic N) is 1. The van der Waals surface area contributed by atoms with E-state index < -0.39 is 23.5 Å². The zero-order valence-electron chi connectivity index (χ0n) is 13.6. The third kappa shape index (κ3) is 2.85. The van der Waals surface area contributed by atoms with Crippen LogP contribution in [-0.2, 0) is 9.53 Å². The quantitative estimate of drug-likeness (QED) is 0.725. The molecule has 1 heterocycles. The van der Waals surface area contributed by atoms with Crippen molar-refractivity contribution < 1.29 is 18.3 Å². The Morgan fingerprint density at radius 3 is 2.52 bits per heavy atom. The molecule has 6 heteroatoms. The molecule has 2 aromatic carbocycles. The van der Waals surface area contributed by atoms with Crippen molar-refractivity contribution in [3.63, 3.8) is 0 Å². The molecule has 0 saturated carbocycles. The summed E-state index contributed by atoms with van der Waals surface area (Å²) >= 11 is 0. The summed E-state index contributed by atoms with van der Waals surface area (Å²) in [6, 6.07) is 10.6. The number of carbonyl (C=O) groups excluding carboxylic acids is 1. The lowest BCUT2D eigenvalue weighted by Gasteiger charge is -2.12. The minimum atomic E-state index is -0.742. The lowest BCUT2D eigenvalue weighted by Crippen LogP contribution is -2.11. The molecule has 0 spiro atoms. The molecule has 1 N–H and O–H groups in total. The van der Waals surface area contributed by atoms with Crippen molar-refractivity contribution in [3.05, 3.63) is 59.2 Å². The number of esters is 1. The minimum absolute atomic E-state index is 0.117. The highest BCUT2D eigenvalue weighted by Gasteiger charge is 2.26. The van der Waals surface area contributed by atoms with E-state index in [9.17, 15) is 13.6 Å². The number of hydrogen-bond acceptors (Lipinski definition) is 3. The van der Waals surface area contributed by atoms with Crippen LogP contribution in [-0.4, -0.2) is 18.1 Å². The van der Waals surface area contributed by atoms with Crippen LogP contribution in [0.15, 0.2) is 36.4 Å². The van der Waals surface area contributed by atoms with E-state index in [4.69, 9.17) is 10.00 Å². The molecule has 0 amide bonds. The van der Waals surface area contributed by atoms with Crippen LogP contribution in [0.3, 0.4) is 0 Å². The topological polar surface area (TPSA) is 65.9 Å². The molecule has 0 saturated heterocycles. The number of nitriles is 1. The van der Waals surface area contributed by atoms with E-state index in [0.717, 1.165) is 6.07 Å². The number of hydrogen-bond donors (Lipinski definition) is 1. The first-order valence-electron chi connectivity index (χ1n) is 7.55. The molecule has 0 aliphatic carbocycles. The van der Waals surface area contributed by atoms with Gasteiger partial charge in [0.2, 0.25) is 0 Å². The SMILES string of the molecule is COC(=O)C(C)c1c(-c2ccc(C#N)cc2)[nH]c2c(F)cc(F)cc12. The van der Waals surface area contributed by atoms with E-state index in [2.05, 4.69) is 4.98 Å². The van der Waals surface area contributed by atoms with Gasteiger partial charge in [-0.15, -0.1) is 0 Å². The van der Waals surface area contributed by atoms with Crippen LogP contribution in [0.4, 0.5) is 8.78 Å². The van der Waals surface area contributed by atoms with Crippen LogP contribution in [0, 0.1) is 23.0 Å². The minimum Gasteiger partial charge on any atom is -0.469 e. The second kappa shape index (κ2) is 6.36. The molecule has 3 aromatic rings. The van der Waals surface area contributed by atoms with Crippen LogP contribution >= 0.6 is 0 Å². The van der Waals surface area contributed by atoms with Gasteiger partial charge in [-0.2, -0.15) is 5.26 Å². The Kier molecular flexibility index (Phi) is 4.24. The molecule has 0 fully saturated rings. The fourth-order valence-corrected chi connectivity index (χ4v) is 2.92. The van der Waals surface area contributed by atoms with E-state index in [1.165, 1.54) is 13.2 Å². The van der Waals surface area contributed by atoms with Gasteiger partial charge in [0.15, 0.2) is 0 Å². The van der Waals surface area contributed by atoms with E-state index in [-0.39, 0.29) is 10.9 Å². The standard InChI is InChI=1S/C19H14F2N2O2/c1-10(19(24)25-2)16-14-7-13(20)8-15(21)18(14)23-17(16)12-5-3-11(9-22)4-6-12/h3-8,10,23H,1-2H3. The number of carbonyl (C=O) groups is 1. The molecule has 1 atom stereocenters. The number of aromatic amines is 1. The Balaban J connectivity index is 2.31. The summed E-state index contributed by atoms with van der Waals surface area (Å²) < 4.78 is 32.7. The monoisotopic (exact) mass is 340 g/mol. The fraction of sp³-hybridized carbons (Fsp3) is 0.158. The fourth-order valence-electron chi connectivity index (χ4n) is 2.92. The molecular formula is C19H14F2N2O2. The van der Waals surface area contributed by atoms with Crippen LogP contribution < -0.4 is 0 Å². The summed E-state index contributed by atoms with van der Waals surface area (Å²) in [5, 5.41) is 9.20. The Hall–Kier alpha value is -3.20. The molecule has 1 unspecified atom stereocenters. The molecule has 1 aromatic heterocycles. The number of ether oxygens (including phenoxy) is 1. The van der Waals surface area contributed by atoms with Gasteiger partial charge in [0.1, 0.15) is 11.6 Å². The number of methoxy groups -OCH3 is 1. The molecule has 0 radical (unpaired) electrons. The van der Waals surface area contributed by atoms with Gasteiger partial charge in [-0.3, -0.25) is 4.79 Å². The molecule has 3 rings (SSSR count). The van der Waals surface area contributed by atoms with Crippen LogP contribution in [0.1, 0.15) is 24.0 Å².